The van der Waals surface area contributed by atoms with E-state index in [9.17, 15) is 8.42 Å². The molecule has 0 saturated heterocycles. The molecule has 3 N–H and O–H groups in total. The average molecular weight is 280 g/mol. The molecule has 102 valence electrons. The average Bonchev–Trinajstić information content (AvgIpc) is 2.70. The first-order valence-electron chi connectivity index (χ1n) is 5.71. The Morgan fingerprint density at radius 2 is 2.00 bits per heavy atom. The van der Waals surface area contributed by atoms with Crippen molar-refractivity contribution in [1.29, 1.82) is 0 Å². The summed E-state index contributed by atoms with van der Waals surface area (Å²) in [6, 6.07) is 4.59. The lowest BCUT2D eigenvalue weighted by molar-refractivity contribution is 0.588. The largest absolute Gasteiger partial charge is 0.397 e. The van der Waals surface area contributed by atoms with E-state index in [2.05, 4.69) is 9.71 Å². The Bertz CT molecular complexity index is 719. The van der Waals surface area contributed by atoms with Crippen molar-refractivity contribution in [2.75, 3.05) is 12.8 Å². The monoisotopic (exact) mass is 280 g/mol. The molecule has 0 spiro atoms. The Morgan fingerprint density at radius 3 is 2.53 bits per heavy atom. The molecule has 0 unspecified atom stereocenters. The number of rotatable bonds is 3. The Balaban J connectivity index is 2.65. The summed E-state index contributed by atoms with van der Waals surface area (Å²) < 4.78 is 27.7. The second kappa shape index (κ2) is 4.67. The Hall–Kier alpha value is -1.86. The highest BCUT2D eigenvalue weighted by atomic mass is 32.2. The summed E-state index contributed by atoms with van der Waals surface area (Å²) in [7, 11) is -2.12. The first-order valence-corrected chi connectivity index (χ1v) is 7.19. The van der Waals surface area contributed by atoms with E-state index in [0.29, 0.717) is 11.4 Å². The second-order valence-corrected chi connectivity index (χ2v) is 6.10. The molecule has 0 amide bonds. The van der Waals surface area contributed by atoms with Crippen LogP contribution < -0.4 is 10.5 Å². The third-order valence-corrected chi connectivity index (χ3v) is 4.50. The van der Waals surface area contributed by atoms with Crippen LogP contribution in [0.1, 0.15) is 11.4 Å². The zero-order chi connectivity index (χ0) is 14.2. The van der Waals surface area contributed by atoms with Gasteiger partial charge in [0.2, 0.25) is 10.0 Å². The zero-order valence-corrected chi connectivity index (χ0v) is 11.8. The van der Waals surface area contributed by atoms with Crippen LogP contribution in [-0.4, -0.2) is 25.0 Å². The highest BCUT2D eigenvalue weighted by molar-refractivity contribution is 7.89. The number of nitrogen functional groups attached to an aromatic ring is 1. The van der Waals surface area contributed by atoms with Crippen molar-refractivity contribution in [2.45, 2.75) is 18.7 Å². The summed E-state index contributed by atoms with van der Waals surface area (Å²) in [5.41, 5.74) is 8.82. The van der Waals surface area contributed by atoms with Crippen LogP contribution in [0, 0.1) is 13.8 Å². The van der Waals surface area contributed by atoms with Gasteiger partial charge >= 0.3 is 0 Å². The Kier molecular flexibility index (Phi) is 3.34. The third kappa shape index (κ3) is 2.34. The molecule has 1 heterocycles. The van der Waals surface area contributed by atoms with E-state index < -0.39 is 10.0 Å². The number of aromatic nitrogens is 2. The minimum absolute atomic E-state index is 0.171. The van der Waals surface area contributed by atoms with E-state index in [0.717, 1.165) is 11.4 Å². The van der Waals surface area contributed by atoms with E-state index in [1.165, 1.54) is 19.2 Å². The predicted octanol–water partition coefficient (Wildman–Crippen LogP) is 0.979. The summed E-state index contributed by atoms with van der Waals surface area (Å²) in [6.45, 7) is 3.79. The van der Waals surface area contributed by atoms with Crippen LogP contribution in [0.4, 0.5) is 5.69 Å². The van der Waals surface area contributed by atoms with Crippen LogP contribution in [-0.2, 0) is 10.0 Å². The van der Waals surface area contributed by atoms with Gasteiger partial charge in [-0.3, -0.25) is 0 Å². The summed E-state index contributed by atoms with van der Waals surface area (Å²) in [6.07, 6.45) is 1.63. The van der Waals surface area contributed by atoms with E-state index >= 15 is 0 Å². The molecule has 2 aromatic rings. The molecule has 19 heavy (non-hydrogen) atoms. The fourth-order valence-electron chi connectivity index (χ4n) is 1.76. The molecular weight excluding hydrogens is 264 g/mol. The van der Waals surface area contributed by atoms with Gasteiger partial charge < -0.3 is 10.3 Å². The highest BCUT2D eigenvalue weighted by Crippen LogP contribution is 2.23. The van der Waals surface area contributed by atoms with Crippen LogP contribution in [0.5, 0.6) is 0 Å². The Labute approximate surface area is 112 Å². The van der Waals surface area contributed by atoms with Gasteiger partial charge in [0.25, 0.3) is 0 Å². The standard InChI is InChI=1S/C12H16N4O2S/c1-8-9(2)16(7-15-8)12-6-10(4-5-11(12)13)19(17,18)14-3/h4-7,14H,13H2,1-3H3. The van der Waals surface area contributed by atoms with Crippen molar-refractivity contribution in [3.63, 3.8) is 0 Å². The quantitative estimate of drug-likeness (QED) is 0.820. The molecule has 6 nitrogen and oxygen atoms in total. The first-order chi connectivity index (χ1) is 8.86. The summed E-state index contributed by atoms with van der Waals surface area (Å²) in [5, 5.41) is 0. The van der Waals surface area contributed by atoms with Gasteiger partial charge in [0.05, 0.1) is 28.3 Å². The van der Waals surface area contributed by atoms with Crippen molar-refractivity contribution < 1.29 is 8.42 Å². The van der Waals surface area contributed by atoms with Crippen LogP contribution in [0.25, 0.3) is 5.69 Å². The van der Waals surface area contributed by atoms with Crippen LogP contribution >= 0.6 is 0 Å². The number of nitrogens with two attached hydrogens (primary N) is 1. The maximum Gasteiger partial charge on any atom is 0.240 e. The molecule has 0 aliphatic rings. The van der Waals surface area contributed by atoms with Crippen molar-refractivity contribution in [2.24, 2.45) is 0 Å². The topological polar surface area (TPSA) is 90.0 Å². The minimum atomic E-state index is -3.49. The van der Waals surface area contributed by atoms with E-state index in [4.69, 9.17) is 5.73 Å². The fourth-order valence-corrected chi connectivity index (χ4v) is 2.51. The third-order valence-electron chi connectivity index (χ3n) is 3.09. The van der Waals surface area contributed by atoms with Gasteiger partial charge in [-0.1, -0.05) is 0 Å². The number of nitrogens with zero attached hydrogens (tertiary/aromatic N) is 2. The maximum atomic E-state index is 11.8. The number of anilines is 1. The first kappa shape index (κ1) is 13.6. The van der Waals surface area contributed by atoms with Gasteiger partial charge in [0.15, 0.2) is 0 Å². The van der Waals surface area contributed by atoms with Gasteiger partial charge in [-0.05, 0) is 39.1 Å². The highest BCUT2D eigenvalue weighted by Gasteiger charge is 2.15. The zero-order valence-electron chi connectivity index (χ0n) is 11.0. The van der Waals surface area contributed by atoms with Gasteiger partial charge in [0, 0.05) is 5.69 Å². The number of aryl methyl sites for hydroxylation is 1. The molecule has 0 atom stereocenters. The number of hydrogen-bond donors (Lipinski definition) is 2. The molecule has 0 aliphatic carbocycles. The molecule has 0 bridgehead atoms. The van der Waals surface area contributed by atoms with Crippen molar-refractivity contribution in [3.05, 3.63) is 35.9 Å². The lowest BCUT2D eigenvalue weighted by Gasteiger charge is -2.11. The maximum absolute atomic E-state index is 11.8. The van der Waals surface area contributed by atoms with Gasteiger partial charge in [0.1, 0.15) is 0 Å². The normalized spacial score (nSPS) is 11.7. The molecule has 0 saturated carbocycles. The molecule has 1 aromatic carbocycles. The van der Waals surface area contributed by atoms with Crippen molar-refractivity contribution in [1.82, 2.24) is 14.3 Å². The van der Waals surface area contributed by atoms with Gasteiger partial charge in [-0.2, -0.15) is 0 Å². The van der Waals surface area contributed by atoms with Crippen molar-refractivity contribution >= 4 is 15.7 Å². The van der Waals surface area contributed by atoms with Crippen molar-refractivity contribution in [3.8, 4) is 5.69 Å². The lowest BCUT2D eigenvalue weighted by atomic mass is 10.2. The molecule has 1 aromatic heterocycles. The SMILES string of the molecule is CNS(=O)(=O)c1ccc(N)c(-n2cnc(C)c2C)c1. The van der Waals surface area contributed by atoms with Crippen LogP contribution in [0.3, 0.4) is 0 Å². The van der Waals surface area contributed by atoms with Crippen LogP contribution in [0.2, 0.25) is 0 Å². The van der Waals surface area contributed by atoms with Gasteiger partial charge in [-0.25, -0.2) is 18.1 Å². The molecule has 0 aliphatic heterocycles. The number of hydrogen-bond acceptors (Lipinski definition) is 4. The van der Waals surface area contributed by atoms with E-state index in [1.807, 2.05) is 13.8 Å². The summed E-state index contributed by atoms with van der Waals surface area (Å²) in [4.78, 5) is 4.36. The minimum Gasteiger partial charge on any atom is -0.397 e. The molecule has 7 heteroatoms. The number of benzene rings is 1. The fraction of sp³-hybridized carbons (Fsp3) is 0.250. The number of nitrogens with one attached hydrogen (secondary N) is 1. The Morgan fingerprint density at radius 1 is 1.32 bits per heavy atom. The molecule has 0 fully saturated rings. The molecule has 0 radical (unpaired) electrons. The second-order valence-electron chi connectivity index (χ2n) is 4.21. The summed E-state index contributed by atoms with van der Waals surface area (Å²) in [5.74, 6) is 0. The van der Waals surface area contributed by atoms with E-state index in [-0.39, 0.29) is 4.90 Å². The lowest BCUT2D eigenvalue weighted by Crippen LogP contribution is -2.19. The predicted molar refractivity (Wildman–Crippen MR) is 73.7 cm³/mol. The summed E-state index contributed by atoms with van der Waals surface area (Å²) >= 11 is 0. The van der Waals surface area contributed by atoms with Crippen LogP contribution in [0.15, 0.2) is 29.4 Å². The van der Waals surface area contributed by atoms with Gasteiger partial charge in [-0.15, -0.1) is 0 Å². The number of sulfonamides is 1. The molecule has 2 rings (SSSR count). The smallest absolute Gasteiger partial charge is 0.240 e. The van der Waals surface area contributed by atoms with E-state index in [1.54, 1.807) is 17.0 Å². The number of imidazole rings is 1. The molecular formula is C12H16N4O2S.